The Kier molecular flexibility index (Phi) is 7.78. The van der Waals surface area contributed by atoms with E-state index in [9.17, 15) is 9.90 Å². The SMILES string of the molecule is COc1cc(-c2ccc(C3CCc4ccc(C(C5CC5)[C@H](C)C(=O)O)cc4O3)c(CN3[C@H](C)CC[C@H]3C)c2)ccn1. The van der Waals surface area contributed by atoms with Gasteiger partial charge in [-0.25, -0.2) is 4.98 Å². The van der Waals surface area contributed by atoms with E-state index in [0.29, 0.717) is 23.9 Å². The van der Waals surface area contributed by atoms with E-state index in [-0.39, 0.29) is 12.0 Å². The molecule has 5 atom stereocenters. The first-order valence-corrected chi connectivity index (χ1v) is 15.2. The lowest BCUT2D eigenvalue weighted by atomic mass is 9.82. The van der Waals surface area contributed by atoms with E-state index >= 15 is 0 Å². The molecule has 1 saturated carbocycles. The summed E-state index contributed by atoms with van der Waals surface area (Å²) in [5, 5.41) is 9.79. The van der Waals surface area contributed by atoms with Gasteiger partial charge in [-0.05, 0) is 116 Å². The van der Waals surface area contributed by atoms with E-state index in [2.05, 4.69) is 60.1 Å². The monoisotopic (exact) mass is 554 g/mol. The van der Waals surface area contributed by atoms with Crippen LogP contribution in [0, 0.1) is 11.8 Å². The van der Waals surface area contributed by atoms with E-state index < -0.39 is 11.9 Å². The van der Waals surface area contributed by atoms with Crippen LogP contribution in [0.3, 0.4) is 0 Å². The number of pyridine rings is 1. The lowest BCUT2D eigenvalue weighted by Gasteiger charge is -2.32. The number of carbonyl (C=O) groups is 1. The number of aryl methyl sites for hydroxylation is 1. The molecule has 0 radical (unpaired) electrons. The van der Waals surface area contributed by atoms with Crippen LogP contribution in [-0.4, -0.2) is 40.2 Å². The Hall–Kier alpha value is -3.38. The molecule has 0 bridgehead atoms. The summed E-state index contributed by atoms with van der Waals surface area (Å²) in [6.07, 6.45) is 8.29. The van der Waals surface area contributed by atoms with Gasteiger partial charge >= 0.3 is 5.97 Å². The van der Waals surface area contributed by atoms with Gasteiger partial charge in [-0.3, -0.25) is 9.69 Å². The molecule has 2 fully saturated rings. The van der Waals surface area contributed by atoms with Crippen LogP contribution >= 0.6 is 0 Å². The number of methoxy groups -OCH3 is 1. The van der Waals surface area contributed by atoms with E-state index in [1.165, 1.54) is 29.5 Å². The zero-order chi connectivity index (χ0) is 28.7. The van der Waals surface area contributed by atoms with Gasteiger partial charge in [-0.1, -0.05) is 31.2 Å². The minimum atomic E-state index is -0.722. The molecule has 41 heavy (non-hydrogen) atoms. The second-order valence-corrected chi connectivity index (χ2v) is 12.5. The summed E-state index contributed by atoms with van der Waals surface area (Å²) in [5.74, 6) is 0.884. The van der Waals surface area contributed by atoms with Gasteiger partial charge in [0.05, 0.1) is 13.0 Å². The largest absolute Gasteiger partial charge is 0.485 e. The Bertz CT molecular complexity index is 1410. The summed E-state index contributed by atoms with van der Waals surface area (Å²) < 4.78 is 12.2. The smallest absolute Gasteiger partial charge is 0.306 e. The molecule has 3 aromatic rings. The van der Waals surface area contributed by atoms with E-state index in [1.807, 2.05) is 19.1 Å². The quantitative estimate of drug-likeness (QED) is 0.297. The maximum Gasteiger partial charge on any atom is 0.306 e. The third-order valence-corrected chi connectivity index (χ3v) is 9.73. The first-order chi connectivity index (χ1) is 19.8. The maximum absolute atomic E-state index is 11.9. The highest BCUT2D eigenvalue weighted by Gasteiger charge is 2.39. The molecule has 1 aromatic heterocycles. The molecule has 1 aliphatic carbocycles. The molecule has 216 valence electrons. The van der Waals surface area contributed by atoms with Gasteiger partial charge in [0.2, 0.25) is 5.88 Å². The van der Waals surface area contributed by atoms with Crippen molar-refractivity contribution in [3.63, 3.8) is 0 Å². The summed E-state index contributed by atoms with van der Waals surface area (Å²) in [5.41, 5.74) is 7.10. The number of rotatable bonds is 9. The summed E-state index contributed by atoms with van der Waals surface area (Å²) in [6.45, 7) is 7.41. The fourth-order valence-electron chi connectivity index (χ4n) is 7.08. The number of hydrogen-bond donors (Lipinski definition) is 1. The van der Waals surface area contributed by atoms with Crippen LogP contribution in [0.25, 0.3) is 11.1 Å². The highest BCUT2D eigenvalue weighted by atomic mass is 16.5. The predicted molar refractivity (Wildman–Crippen MR) is 160 cm³/mol. The molecule has 1 N–H and O–H groups in total. The third-order valence-electron chi connectivity index (χ3n) is 9.73. The lowest BCUT2D eigenvalue weighted by Crippen LogP contribution is -2.32. The van der Waals surface area contributed by atoms with Gasteiger partial charge in [0.15, 0.2) is 0 Å². The van der Waals surface area contributed by atoms with Crippen molar-refractivity contribution in [2.75, 3.05) is 7.11 Å². The molecule has 1 saturated heterocycles. The third kappa shape index (κ3) is 5.72. The van der Waals surface area contributed by atoms with Gasteiger partial charge < -0.3 is 14.6 Å². The summed E-state index contributed by atoms with van der Waals surface area (Å²) in [4.78, 5) is 18.8. The van der Waals surface area contributed by atoms with Crippen molar-refractivity contribution >= 4 is 5.97 Å². The highest BCUT2D eigenvalue weighted by molar-refractivity contribution is 5.71. The van der Waals surface area contributed by atoms with Gasteiger partial charge in [-0.15, -0.1) is 0 Å². The Morgan fingerprint density at radius 1 is 1.02 bits per heavy atom. The number of benzene rings is 2. The number of aliphatic carboxylic acids is 1. The molecule has 2 unspecified atom stereocenters. The average molecular weight is 555 g/mol. The Labute approximate surface area is 243 Å². The zero-order valence-corrected chi connectivity index (χ0v) is 24.7. The fraction of sp³-hybridized carbons (Fsp3) is 0.486. The number of ether oxygens (including phenoxy) is 2. The van der Waals surface area contributed by atoms with Crippen molar-refractivity contribution in [1.29, 1.82) is 0 Å². The summed E-state index contributed by atoms with van der Waals surface area (Å²) in [6, 6.07) is 18.3. The van der Waals surface area contributed by atoms with Crippen LogP contribution in [0.1, 0.15) is 87.2 Å². The number of aromatic nitrogens is 1. The molecule has 3 aliphatic rings. The van der Waals surface area contributed by atoms with Crippen LogP contribution in [0.2, 0.25) is 0 Å². The Balaban J connectivity index is 1.33. The Morgan fingerprint density at radius 3 is 2.49 bits per heavy atom. The molecular weight excluding hydrogens is 512 g/mol. The van der Waals surface area contributed by atoms with Crippen molar-refractivity contribution in [2.45, 2.75) is 89.9 Å². The van der Waals surface area contributed by atoms with Crippen LogP contribution in [-0.2, 0) is 17.8 Å². The van der Waals surface area contributed by atoms with Gasteiger partial charge in [0, 0.05) is 30.9 Å². The molecule has 6 rings (SSSR count). The van der Waals surface area contributed by atoms with E-state index in [4.69, 9.17) is 9.47 Å². The van der Waals surface area contributed by atoms with Crippen molar-refractivity contribution in [2.24, 2.45) is 11.8 Å². The van der Waals surface area contributed by atoms with Crippen LogP contribution < -0.4 is 9.47 Å². The molecule has 2 aromatic carbocycles. The van der Waals surface area contributed by atoms with Gasteiger partial charge in [-0.2, -0.15) is 0 Å². The second-order valence-electron chi connectivity index (χ2n) is 12.5. The topological polar surface area (TPSA) is 71.9 Å². The number of carboxylic acid groups (broad SMARTS) is 1. The van der Waals surface area contributed by atoms with Crippen molar-refractivity contribution in [3.8, 4) is 22.8 Å². The molecule has 3 heterocycles. The average Bonchev–Trinajstić information content (AvgIpc) is 3.78. The first-order valence-electron chi connectivity index (χ1n) is 15.2. The van der Waals surface area contributed by atoms with E-state index in [0.717, 1.165) is 54.7 Å². The van der Waals surface area contributed by atoms with Crippen LogP contribution in [0.4, 0.5) is 0 Å². The number of likely N-dealkylation sites (tertiary alicyclic amines) is 1. The standard InChI is InChI=1S/C35H42N2O4/c1-21-5-6-22(2)37(21)20-29-17-26(27-15-16-36-33(19-27)40-4)11-13-30(29)31-14-12-24-7-10-28(18-32(24)41-31)34(25-8-9-25)23(3)35(38)39/h7,10-11,13,15-19,21-23,25,31,34H,5-6,8-9,12,14,20H2,1-4H3,(H,38,39)/t21-,22-,23+,31?,34?/m1/s1. The number of fused-ring (bicyclic) bond motifs is 1. The van der Waals surface area contributed by atoms with Gasteiger partial charge in [0.25, 0.3) is 0 Å². The predicted octanol–water partition coefficient (Wildman–Crippen LogP) is 7.41. The number of carboxylic acids is 1. The highest BCUT2D eigenvalue weighted by Crippen LogP contribution is 2.48. The summed E-state index contributed by atoms with van der Waals surface area (Å²) in [7, 11) is 1.65. The van der Waals surface area contributed by atoms with Crippen LogP contribution in [0.5, 0.6) is 11.6 Å². The minimum Gasteiger partial charge on any atom is -0.485 e. The zero-order valence-electron chi connectivity index (χ0n) is 24.7. The van der Waals surface area contributed by atoms with E-state index in [1.54, 1.807) is 13.3 Å². The lowest BCUT2D eigenvalue weighted by molar-refractivity contribution is -0.142. The molecule has 2 aliphatic heterocycles. The number of hydrogen-bond acceptors (Lipinski definition) is 5. The first kappa shape index (κ1) is 27.8. The molecule has 0 amide bonds. The summed E-state index contributed by atoms with van der Waals surface area (Å²) >= 11 is 0. The molecular formula is C35H42N2O4. The second kappa shape index (κ2) is 11.5. The maximum atomic E-state index is 11.9. The van der Waals surface area contributed by atoms with Crippen molar-refractivity contribution in [1.82, 2.24) is 9.88 Å². The fourth-order valence-corrected chi connectivity index (χ4v) is 7.08. The van der Waals surface area contributed by atoms with Crippen molar-refractivity contribution < 1.29 is 19.4 Å². The van der Waals surface area contributed by atoms with Crippen LogP contribution in [0.15, 0.2) is 54.7 Å². The Morgan fingerprint density at radius 2 is 1.78 bits per heavy atom. The van der Waals surface area contributed by atoms with Crippen molar-refractivity contribution in [3.05, 3.63) is 77.0 Å². The normalized spacial score (nSPS) is 23.9. The number of nitrogens with zero attached hydrogens (tertiary/aromatic N) is 2. The molecule has 6 heteroatoms. The molecule has 0 spiro atoms. The minimum absolute atomic E-state index is 0.0344. The van der Waals surface area contributed by atoms with Gasteiger partial charge in [0.1, 0.15) is 11.9 Å². The molecule has 6 nitrogen and oxygen atoms in total.